The smallest absolute Gasteiger partial charge is 0.195 e. The molecule has 7 heteroatoms. The van der Waals surface area contributed by atoms with Gasteiger partial charge in [-0.1, -0.05) is 30.0 Å². The van der Waals surface area contributed by atoms with Crippen molar-refractivity contribution in [3.63, 3.8) is 0 Å². The lowest BCUT2D eigenvalue weighted by molar-refractivity contribution is 0.626. The topological polar surface area (TPSA) is 43.1 Å². The summed E-state index contributed by atoms with van der Waals surface area (Å²) in [5, 5.41) is 15.8. The van der Waals surface area contributed by atoms with E-state index in [1.165, 1.54) is 6.07 Å². The van der Waals surface area contributed by atoms with Crippen molar-refractivity contribution in [1.82, 2.24) is 19.8 Å². The van der Waals surface area contributed by atoms with E-state index >= 15 is 0 Å². The molecule has 0 saturated heterocycles. The van der Waals surface area contributed by atoms with Gasteiger partial charge in [0.2, 0.25) is 0 Å². The van der Waals surface area contributed by atoms with Crippen molar-refractivity contribution in [2.75, 3.05) is 0 Å². The van der Waals surface area contributed by atoms with Crippen molar-refractivity contribution in [2.24, 2.45) is 0 Å². The molecular formula is C16H11FN4S2. The number of fused-ring (bicyclic) bond motifs is 1. The molecule has 0 unspecified atom stereocenters. The largest absolute Gasteiger partial charge is 0.207 e. The number of benzene rings is 1. The normalized spacial score (nSPS) is 11.2. The average Bonchev–Trinajstić information content (AvgIpc) is 3.21. The monoisotopic (exact) mass is 342 g/mol. The lowest BCUT2D eigenvalue weighted by Gasteiger charge is -2.03. The maximum absolute atomic E-state index is 13.2. The lowest BCUT2D eigenvalue weighted by Crippen LogP contribution is -1.95. The number of hydrogen-bond donors (Lipinski definition) is 0. The Morgan fingerprint density at radius 1 is 1.09 bits per heavy atom. The highest BCUT2D eigenvalue weighted by Gasteiger charge is 2.11. The van der Waals surface area contributed by atoms with Crippen LogP contribution in [0.15, 0.2) is 58.9 Å². The second-order valence-electron chi connectivity index (χ2n) is 4.86. The Hall–Kier alpha value is -2.25. The Morgan fingerprint density at radius 2 is 2.04 bits per heavy atom. The summed E-state index contributed by atoms with van der Waals surface area (Å²) < 4.78 is 15.0. The van der Waals surface area contributed by atoms with Gasteiger partial charge >= 0.3 is 0 Å². The summed E-state index contributed by atoms with van der Waals surface area (Å²) in [6.07, 6.45) is 0. The summed E-state index contributed by atoms with van der Waals surface area (Å²) in [7, 11) is 0. The fraction of sp³-hybridized carbons (Fsp3) is 0.0625. The fourth-order valence-electron chi connectivity index (χ4n) is 2.19. The van der Waals surface area contributed by atoms with E-state index in [1.54, 1.807) is 39.7 Å². The Balaban J connectivity index is 1.62. The molecule has 3 heterocycles. The van der Waals surface area contributed by atoms with Crippen molar-refractivity contribution in [1.29, 1.82) is 0 Å². The van der Waals surface area contributed by atoms with Crippen molar-refractivity contribution in [3.05, 3.63) is 65.3 Å². The van der Waals surface area contributed by atoms with Gasteiger partial charge in [0, 0.05) is 5.75 Å². The van der Waals surface area contributed by atoms with E-state index in [9.17, 15) is 4.39 Å². The molecule has 0 amide bonds. The third-order valence-corrected chi connectivity index (χ3v) is 5.11. The summed E-state index contributed by atoms with van der Waals surface area (Å²) in [4.78, 5) is 1.03. The van der Waals surface area contributed by atoms with E-state index in [0.717, 1.165) is 21.3 Å². The molecule has 23 heavy (non-hydrogen) atoms. The molecule has 0 aliphatic rings. The highest BCUT2D eigenvalue weighted by Crippen LogP contribution is 2.25. The Bertz CT molecular complexity index is 950. The van der Waals surface area contributed by atoms with Gasteiger partial charge in [0.1, 0.15) is 10.8 Å². The minimum Gasteiger partial charge on any atom is -0.207 e. The molecule has 4 nitrogen and oxygen atoms in total. The molecule has 0 N–H and O–H groups in total. The molecule has 0 atom stereocenters. The first-order chi connectivity index (χ1) is 11.3. The van der Waals surface area contributed by atoms with Crippen LogP contribution in [0.3, 0.4) is 0 Å². The van der Waals surface area contributed by atoms with E-state index in [4.69, 9.17) is 0 Å². The van der Waals surface area contributed by atoms with Gasteiger partial charge in [0.05, 0.1) is 4.88 Å². The molecule has 0 spiro atoms. The second kappa shape index (κ2) is 6.10. The number of nitrogens with zero attached hydrogens (tertiary/aromatic N) is 4. The Labute approximate surface area is 140 Å². The molecular weight excluding hydrogens is 331 g/mol. The number of rotatable bonds is 4. The molecule has 0 radical (unpaired) electrons. The van der Waals surface area contributed by atoms with Gasteiger partial charge in [-0.2, -0.15) is 9.61 Å². The molecule has 0 aliphatic carbocycles. The summed E-state index contributed by atoms with van der Waals surface area (Å²) in [6.45, 7) is 0. The molecule has 4 rings (SSSR count). The molecule has 4 aromatic rings. The maximum Gasteiger partial charge on any atom is 0.195 e. The molecule has 3 aromatic heterocycles. The van der Waals surface area contributed by atoms with Crippen LogP contribution in [0.4, 0.5) is 4.39 Å². The van der Waals surface area contributed by atoms with Crippen LogP contribution in [0.25, 0.3) is 16.3 Å². The zero-order valence-electron chi connectivity index (χ0n) is 11.9. The summed E-state index contributed by atoms with van der Waals surface area (Å²) >= 11 is 3.16. The number of halogens is 1. The van der Waals surface area contributed by atoms with E-state index in [0.29, 0.717) is 11.4 Å². The van der Waals surface area contributed by atoms with Gasteiger partial charge in [-0.25, -0.2) is 4.39 Å². The molecule has 0 bridgehead atoms. The van der Waals surface area contributed by atoms with Crippen LogP contribution in [0.5, 0.6) is 0 Å². The van der Waals surface area contributed by atoms with E-state index < -0.39 is 0 Å². The van der Waals surface area contributed by atoms with Gasteiger partial charge < -0.3 is 0 Å². The van der Waals surface area contributed by atoms with Gasteiger partial charge in [-0.3, -0.25) is 0 Å². The fourth-order valence-corrected chi connectivity index (χ4v) is 3.68. The van der Waals surface area contributed by atoms with Crippen LogP contribution in [-0.4, -0.2) is 19.8 Å². The summed E-state index contributed by atoms with van der Waals surface area (Å²) in [5.41, 5.74) is 1.64. The first kappa shape index (κ1) is 14.3. The highest BCUT2D eigenvalue weighted by atomic mass is 32.2. The third-order valence-electron chi connectivity index (χ3n) is 3.26. The van der Waals surface area contributed by atoms with Crippen LogP contribution in [-0.2, 0) is 5.75 Å². The van der Waals surface area contributed by atoms with Crippen LogP contribution in [0, 0.1) is 5.82 Å². The van der Waals surface area contributed by atoms with Gasteiger partial charge in [-0.15, -0.1) is 21.5 Å². The van der Waals surface area contributed by atoms with E-state index in [-0.39, 0.29) is 5.82 Å². The van der Waals surface area contributed by atoms with Crippen molar-refractivity contribution >= 4 is 28.7 Å². The van der Waals surface area contributed by atoms with Crippen molar-refractivity contribution < 1.29 is 4.39 Å². The molecule has 114 valence electrons. The number of thioether (sulfide) groups is 1. The number of hydrogen-bond acceptors (Lipinski definition) is 5. The van der Waals surface area contributed by atoms with Crippen molar-refractivity contribution in [2.45, 2.75) is 10.8 Å². The number of thiophene rings is 1. The van der Waals surface area contributed by atoms with Gasteiger partial charge in [0.15, 0.2) is 11.5 Å². The predicted octanol–water partition coefficient (Wildman–Crippen LogP) is 4.28. The number of aromatic nitrogens is 4. The third kappa shape index (κ3) is 2.97. The van der Waals surface area contributed by atoms with E-state index in [1.807, 2.05) is 35.7 Å². The zero-order chi connectivity index (χ0) is 15.6. The van der Waals surface area contributed by atoms with Crippen LogP contribution in [0.2, 0.25) is 0 Å². The maximum atomic E-state index is 13.2. The quantitative estimate of drug-likeness (QED) is 0.519. The standard InChI is InChI=1S/C16H11FN4S2/c17-12-4-1-3-11(9-12)10-23-15-7-6-14-18-19-16(21(14)20-15)13-5-2-8-22-13/h1-9H,10H2. The average molecular weight is 342 g/mol. The zero-order valence-corrected chi connectivity index (χ0v) is 13.5. The second-order valence-corrected chi connectivity index (χ2v) is 6.80. The highest BCUT2D eigenvalue weighted by molar-refractivity contribution is 7.98. The minimum atomic E-state index is -0.217. The first-order valence-corrected chi connectivity index (χ1v) is 8.80. The lowest BCUT2D eigenvalue weighted by atomic mass is 10.2. The van der Waals surface area contributed by atoms with Gasteiger partial charge in [0.25, 0.3) is 0 Å². The van der Waals surface area contributed by atoms with Crippen LogP contribution < -0.4 is 0 Å². The molecule has 1 aromatic carbocycles. The summed E-state index contributed by atoms with van der Waals surface area (Å²) in [6, 6.07) is 14.4. The predicted molar refractivity (Wildman–Crippen MR) is 90.1 cm³/mol. The van der Waals surface area contributed by atoms with Crippen molar-refractivity contribution in [3.8, 4) is 10.7 Å². The van der Waals surface area contributed by atoms with Crippen LogP contribution in [0.1, 0.15) is 5.56 Å². The first-order valence-electron chi connectivity index (χ1n) is 6.93. The van der Waals surface area contributed by atoms with Gasteiger partial charge in [-0.05, 0) is 41.3 Å². The Morgan fingerprint density at radius 3 is 2.87 bits per heavy atom. The van der Waals surface area contributed by atoms with E-state index in [2.05, 4.69) is 15.3 Å². The Kier molecular flexibility index (Phi) is 3.80. The summed E-state index contributed by atoms with van der Waals surface area (Å²) in [5.74, 6) is 1.18. The minimum absolute atomic E-state index is 0.217. The van der Waals surface area contributed by atoms with Crippen LogP contribution >= 0.6 is 23.1 Å². The molecule has 0 saturated carbocycles. The SMILES string of the molecule is Fc1cccc(CSc2ccc3nnc(-c4cccs4)n3n2)c1. The molecule has 0 fully saturated rings. The molecule has 0 aliphatic heterocycles.